The number of ether oxygens (including phenoxy) is 1. The largest absolute Gasteiger partial charge is 0.490 e. The van der Waals surface area contributed by atoms with Crippen molar-refractivity contribution in [3.63, 3.8) is 0 Å². The number of anilines is 1. The average Bonchev–Trinajstić information content (AvgIpc) is 2.52. The summed E-state index contributed by atoms with van der Waals surface area (Å²) < 4.78 is 5.13. The monoisotopic (exact) mass is 293 g/mol. The number of hydrogen-bond donors (Lipinski definition) is 1. The second kappa shape index (κ2) is 7.26. The number of piperidine rings is 1. The van der Waals surface area contributed by atoms with Crippen LogP contribution >= 0.6 is 0 Å². The first-order valence-corrected chi connectivity index (χ1v) is 7.44. The summed E-state index contributed by atoms with van der Waals surface area (Å²) >= 11 is 0. The van der Waals surface area contributed by atoms with Gasteiger partial charge in [0.25, 0.3) is 0 Å². The fourth-order valence-electron chi connectivity index (χ4n) is 2.84. The number of rotatable bonds is 6. The number of nitro benzene ring substituents is 1. The number of nitrogens with zero attached hydrogens (tertiary/aromatic N) is 2. The van der Waals surface area contributed by atoms with E-state index in [1.54, 1.807) is 6.07 Å². The predicted molar refractivity (Wildman–Crippen MR) is 83.1 cm³/mol. The number of methoxy groups -OCH3 is 1. The molecule has 1 saturated heterocycles. The summed E-state index contributed by atoms with van der Waals surface area (Å²) in [6, 6.07) is 5.26. The molecule has 1 heterocycles. The van der Waals surface area contributed by atoms with E-state index in [1.165, 1.54) is 7.11 Å². The first-order valence-electron chi connectivity index (χ1n) is 7.44. The first kappa shape index (κ1) is 15.6. The van der Waals surface area contributed by atoms with E-state index in [2.05, 4.69) is 17.1 Å². The lowest BCUT2D eigenvalue weighted by Gasteiger charge is -2.33. The Hall–Kier alpha value is -1.82. The Kier molecular flexibility index (Phi) is 5.38. The van der Waals surface area contributed by atoms with E-state index in [-0.39, 0.29) is 10.6 Å². The van der Waals surface area contributed by atoms with Crippen LogP contribution < -0.4 is 15.0 Å². The lowest BCUT2D eigenvalue weighted by molar-refractivity contribution is -0.385. The van der Waals surface area contributed by atoms with Crippen LogP contribution in [0.15, 0.2) is 18.2 Å². The van der Waals surface area contributed by atoms with Gasteiger partial charge in [0.05, 0.1) is 12.0 Å². The third-order valence-corrected chi connectivity index (χ3v) is 4.02. The van der Waals surface area contributed by atoms with E-state index in [1.807, 2.05) is 12.1 Å². The Balaban J connectivity index is 2.11. The highest BCUT2D eigenvalue weighted by atomic mass is 16.6. The maximum atomic E-state index is 11.3. The normalized spacial score (nSPS) is 16.0. The number of benzene rings is 1. The Morgan fingerprint density at radius 1 is 1.43 bits per heavy atom. The van der Waals surface area contributed by atoms with E-state index in [0.29, 0.717) is 17.4 Å². The van der Waals surface area contributed by atoms with Crippen LogP contribution in [0.25, 0.3) is 0 Å². The standard InChI is InChI=1S/C15H23N3O3/c1-3-16-11-12-7-9-17(10-8-12)13-5-4-6-14(21-2)15(13)18(19)20/h4-6,12,16H,3,7-11H2,1-2H3. The predicted octanol–water partition coefficient (Wildman–Crippen LogP) is 2.43. The van der Waals surface area contributed by atoms with Crippen molar-refractivity contribution in [2.75, 3.05) is 38.2 Å². The molecule has 0 radical (unpaired) electrons. The van der Waals surface area contributed by atoms with E-state index in [0.717, 1.165) is 39.0 Å². The molecule has 21 heavy (non-hydrogen) atoms. The number of para-hydroxylation sites is 1. The zero-order valence-corrected chi connectivity index (χ0v) is 12.7. The summed E-state index contributed by atoms with van der Waals surface area (Å²) in [6.45, 7) is 5.83. The van der Waals surface area contributed by atoms with E-state index in [9.17, 15) is 10.1 Å². The van der Waals surface area contributed by atoms with Gasteiger partial charge in [-0.2, -0.15) is 0 Å². The number of hydrogen-bond acceptors (Lipinski definition) is 5. The molecule has 0 aromatic heterocycles. The number of nitro groups is 1. The van der Waals surface area contributed by atoms with Gasteiger partial charge in [0.2, 0.25) is 0 Å². The topological polar surface area (TPSA) is 67.6 Å². The Bertz CT molecular complexity index is 485. The van der Waals surface area contributed by atoms with Crippen molar-refractivity contribution in [3.05, 3.63) is 28.3 Å². The molecule has 0 bridgehead atoms. The second-order valence-electron chi connectivity index (χ2n) is 5.32. The van der Waals surface area contributed by atoms with Gasteiger partial charge >= 0.3 is 5.69 Å². The SMILES string of the molecule is CCNCC1CCN(c2cccc(OC)c2[N+](=O)[O-])CC1. The minimum Gasteiger partial charge on any atom is -0.490 e. The molecule has 1 N–H and O–H groups in total. The Labute approximate surface area is 125 Å². The van der Waals surface area contributed by atoms with Crippen LogP contribution in [-0.4, -0.2) is 38.2 Å². The molecule has 0 saturated carbocycles. The summed E-state index contributed by atoms with van der Waals surface area (Å²) in [5.41, 5.74) is 0.742. The van der Waals surface area contributed by atoms with Crippen LogP contribution in [0.1, 0.15) is 19.8 Å². The van der Waals surface area contributed by atoms with Gasteiger partial charge in [-0.05, 0) is 44.0 Å². The van der Waals surface area contributed by atoms with Crippen LogP contribution in [0.3, 0.4) is 0 Å². The Morgan fingerprint density at radius 3 is 2.71 bits per heavy atom. The smallest absolute Gasteiger partial charge is 0.333 e. The molecule has 0 unspecified atom stereocenters. The van der Waals surface area contributed by atoms with Crippen molar-refractivity contribution in [2.45, 2.75) is 19.8 Å². The van der Waals surface area contributed by atoms with Gasteiger partial charge in [-0.3, -0.25) is 10.1 Å². The lowest BCUT2D eigenvalue weighted by Crippen LogP contribution is -2.37. The molecular formula is C15H23N3O3. The van der Waals surface area contributed by atoms with Crippen LogP contribution in [0.2, 0.25) is 0 Å². The molecule has 1 aliphatic rings. The van der Waals surface area contributed by atoms with Gasteiger partial charge in [0.15, 0.2) is 5.75 Å². The third-order valence-electron chi connectivity index (χ3n) is 4.02. The van der Waals surface area contributed by atoms with Crippen molar-refractivity contribution in [1.29, 1.82) is 0 Å². The summed E-state index contributed by atoms with van der Waals surface area (Å²) in [6.07, 6.45) is 2.11. The Morgan fingerprint density at radius 2 is 2.14 bits per heavy atom. The summed E-state index contributed by atoms with van der Waals surface area (Å²) in [5, 5.41) is 14.7. The van der Waals surface area contributed by atoms with Crippen LogP contribution in [0.4, 0.5) is 11.4 Å². The first-order chi connectivity index (χ1) is 10.2. The minimum absolute atomic E-state index is 0.0742. The second-order valence-corrected chi connectivity index (χ2v) is 5.32. The number of nitrogens with one attached hydrogen (secondary N) is 1. The van der Waals surface area contributed by atoms with Crippen molar-refractivity contribution in [1.82, 2.24) is 5.32 Å². The molecule has 1 aromatic carbocycles. The zero-order valence-electron chi connectivity index (χ0n) is 12.7. The van der Waals surface area contributed by atoms with Crippen LogP contribution in [-0.2, 0) is 0 Å². The molecule has 0 spiro atoms. The van der Waals surface area contributed by atoms with E-state index >= 15 is 0 Å². The molecule has 1 aromatic rings. The summed E-state index contributed by atoms with van der Waals surface area (Å²) in [4.78, 5) is 13.1. The molecule has 6 nitrogen and oxygen atoms in total. The van der Waals surface area contributed by atoms with Crippen LogP contribution in [0.5, 0.6) is 5.75 Å². The molecule has 0 amide bonds. The third kappa shape index (κ3) is 3.64. The summed E-state index contributed by atoms with van der Waals surface area (Å²) in [7, 11) is 1.47. The maximum absolute atomic E-state index is 11.3. The van der Waals surface area contributed by atoms with Gasteiger partial charge < -0.3 is 15.0 Å². The molecule has 2 rings (SSSR count). The zero-order chi connectivity index (χ0) is 15.2. The fourth-order valence-corrected chi connectivity index (χ4v) is 2.84. The van der Waals surface area contributed by atoms with Gasteiger partial charge in [0.1, 0.15) is 5.69 Å². The highest BCUT2D eigenvalue weighted by Crippen LogP contribution is 2.38. The average molecular weight is 293 g/mol. The van der Waals surface area contributed by atoms with Crippen molar-refractivity contribution >= 4 is 11.4 Å². The van der Waals surface area contributed by atoms with Gasteiger partial charge in [0, 0.05) is 13.1 Å². The summed E-state index contributed by atoms with van der Waals surface area (Å²) in [5.74, 6) is 0.984. The van der Waals surface area contributed by atoms with E-state index in [4.69, 9.17) is 4.74 Å². The minimum atomic E-state index is -0.348. The molecule has 116 valence electrons. The molecule has 0 atom stereocenters. The fraction of sp³-hybridized carbons (Fsp3) is 0.600. The van der Waals surface area contributed by atoms with E-state index < -0.39 is 0 Å². The highest BCUT2D eigenvalue weighted by Gasteiger charge is 2.27. The van der Waals surface area contributed by atoms with Crippen molar-refractivity contribution < 1.29 is 9.66 Å². The van der Waals surface area contributed by atoms with Gasteiger partial charge in [-0.25, -0.2) is 0 Å². The lowest BCUT2D eigenvalue weighted by atomic mass is 9.96. The molecule has 6 heteroatoms. The molecule has 0 aliphatic carbocycles. The van der Waals surface area contributed by atoms with Crippen molar-refractivity contribution in [3.8, 4) is 5.75 Å². The van der Waals surface area contributed by atoms with Gasteiger partial charge in [-0.15, -0.1) is 0 Å². The molecular weight excluding hydrogens is 270 g/mol. The van der Waals surface area contributed by atoms with Gasteiger partial charge in [-0.1, -0.05) is 13.0 Å². The molecule has 1 aliphatic heterocycles. The molecule has 1 fully saturated rings. The maximum Gasteiger partial charge on any atom is 0.333 e. The van der Waals surface area contributed by atoms with Crippen LogP contribution in [0, 0.1) is 16.0 Å². The quantitative estimate of drug-likeness (QED) is 0.644. The van der Waals surface area contributed by atoms with Crippen molar-refractivity contribution in [2.24, 2.45) is 5.92 Å². The highest BCUT2D eigenvalue weighted by molar-refractivity contribution is 5.69.